The Bertz CT molecular complexity index is 763. The summed E-state index contributed by atoms with van der Waals surface area (Å²) >= 11 is 4.87. The van der Waals surface area contributed by atoms with Gasteiger partial charge in [0.25, 0.3) is 10.7 Å². The highest BCUT2D eigenvalue weighted by Crippen LogP contribution is 2.37. The smallest absolute Gasteiger partial charge is 0.284 e. The van der Waals surface area contributed by atoms with Crippen LogP contribution >= 0.6 is 12.2 Å². The number of carbonyl (C=O) groups is 1. The van der Waals surface area contributed by atoms with Crippen LogP contribution in [0.25, 0.3) is 11.5 Å². The number of rotatable bonds is 3. The Labute approximate surface area is 138 Å². The molecule has 1 aromatic carbocycles. The molecule has 4 rings (SSSR count). The average molecular weight is 331 g/mol. The first-order chi connectivity index (χ1) is 11.2. The maximum atomic E-state index is 12.8. The van der Waals surface area contributed by atoms with E-state index in [1.807, 2.05) is 29.2 Å². The molecule has 2 heterocycles. The molecule has 6 nitrogen and oxygen atoms in total. The van der Waals surface area contributed by atoms with Crippen LogP contribution in [0.1, 0.15) is 23.2 Å². The van der Waals surface area contributed by atoms with Gasteiger partial charge in [0, 0.05) is 17.7 Å². The number of ether oxygens (including phenoxy) is 1. The molecule has 1 amide bonds. The van der Waals surface area contributed by atoms with E-state index in [-0.39, 0.29) is 16.8 Å². The molecule has 1 saturated carbocycles. The number of amides is 1. The lowest BCUT2D eigenvalue weighted by atomic mass is 10.1. The van der Waals surface area contributed by atoms with Gasteiger partial charge in [0.05, 0.1) is 19.3 Å². The lowest BCUT2D eigenvalue weighted by Crippen LogP contribution is -2.49. The lowest BCUT2D eigenvalue weighted by Gasteiger charge is -2.36. The second-order valence-corrected chi connectivity index (χ2v) is 6.34. The summed E-state index contributed by atoms with van der Waals surface area (Å²) in [6.07, 6.45) is 2.39. The highest BCUT2D eigenvalue weighted by atomic mass is 32.1. The van der Waals surface area contributed by atoms with Gasteiger partial charge in [-0.1, -0.05) is 0 Å². The third-order valence-corrected chi connectivity index (χ3v) is 4.58. The van der Waals surface area contributed by atoms with Crippen molar-refractivity contribution in [3.05, 3.63) is 34.7 Å². The summed E-state index contributed by atoms with van der Waals surface area (Å²) < 4.78 is 10.8. The maximum Gasteiger partial charge on any atom is 0.284 e. The topological polar surface area (TPSA) is 71.4 Å². The number of carbonyl (C=O) groups excluding carboxylic acids is 1. The van der Waals surface area contributed by atoms with E-state index in [9.17, 15) is 4.79 Å². The summed E-state index contributed by atoms with van der Waals surface area (Å²) in [6.45, 7) is 1.93. The van der Waals surface area contributed by atoms with E-state index in [0.717, 1.165) is 5.56 Å². The molecule has 1 unspecified atom stereocenters. The van der Waals surface area contributed by atoms with Crippen LogP contribution in [0.15, 0.2) is 28.7 Å². The van der Waals surface area contributed by atoms with Crippen molar-refractivity contribution in [2.24, 2.45) is 5.92 Å². The third kappa shape index (κ3) is 2.94. The van der Waals surface area contributed by atoms with E-state index >= 15 is 0 Å². The van der Waals surface area contributed by atoms with Crippen LogP contribution < -0.4 is 0 Å². The molecule has 2 aromatic rings. The van der Waals surface area contributed by atoms with Crippen LogP contribution in [0.3, 0.4) is 0 Å². The Hall–Kier alpha value is -1.99. The zero-order valence-corrected chi connectivity index (χ0v) is 13.3. The Kier molecular flexibility index (Phi) is 3.74. The van der Waals surface area contributed by atoms with E-state index in [4.69, 9.17) is 21.4 Å². The molecule has 1 saturated heterocycles. The number of aromatic amines is 1. The number of H-pyrrole nitrogens is 1. The molecule has 0 bridgehead atoms. The fourth-order valence-corrected chi connectivity index (χ4v) is 3.15. The van der Waals surface area contributed by atoms with Crippen LogP contribution in [-0.4, -0.2) is 46.8 Å². The fourth-order valence-electron chi connectivity index (χ4n) is 3.02. The Morgan fingerprint density at radius 1 is 1.30 bits per heavy atom. The first-order valence-electron chi connectivity index (χ1n) is 7.77. The zero-order chi connectivity index (χ0) is 15.8. The summed E-state index contributed by atoms with van der Waals surface area (Å²) in [4.78, 5) is 15.0. The number of nitrogens with one attached hydrogen (secondary N) is 1. The molecule has 7 heteroatoms. The van der Waals surface area contributed by atoms with Gasteiger partial charge in [0.1, 0.15) is 0 Å². The largest absolute Gasteiger partial charge is 0.409 e. The molecule has 23 heavy (non-hydrogen) atoms. The molecule has 1 aliphatic heterocycles. The van der Waals surface area contributed by atoms with E-state index < -0.39 is 0 Å². The number of aromatic nitrogens is 2. The number of hydrogen-bond donors (Lipinski definition) is 1. The van der Waals surface area contributed by atoms with Gasteiger partial charge in [-0.2, -0.15) is 0 Å². The molecule has 1 atom stereocenters. The van der Waals surface area contributed by atoms with Crippen LogP contribution in [0, 0.1) is 10.8 Å². The maximum absolute atomic E-state index is 12.8. The number of benzene rings is 1. The highest BCUT2D eigenvalue weighted by molar-refractivity contribution is 7.71. The monoisotopic (exact) mass is 331 g/mol. The Balaban J connectivity index is 1.54. The summed E-state index contributed by atoms with van der Waals surface area (Å²) in [5, 5.41) is 6.58. The second-order valence-electron chi connectivity index (χ2n) is 5.97. The SMILES string of the molecule is O=C(c1ccc(-c2n[nH]c(=S)o2)cc1)N1CCOCC1C1CC1. The molecule has 2 aliphatic rings. The van der Waals surface area contributed by atoms with Gasteiger partial charge in [-0.3, -0.25) is 4.79 Å². The summed E-state index contributed by atoms with van der Waals surface area (Å²) in [5.41, 5.74) is 1.46. The van der Waals surface area contributed by atoms with Gasteiger partial charge < -0.3 is 14.1 Å². The lowest BCUT2D eigenvalue weighted by molar-refractivity contribution is -0.00834. The molecule has 1 aromatic heterocycles. The normalized spacial score (nSPS) is 21.4. The van der Waals surface area contributed by atoms with Crippen LogP contribution in [0.5, 0.6) is 0 Å². The Morgan fingerprint density at radius 3 is 2.74 bits per heavy atom. The quantitative estimate of drug-likeness (QED) is 0.876. The van der Waals surface area contributed by atoms with E-state index in [1.54, 1.807) is 0 Å². The summed E-state index contributed by atoms with van der Waals surface area (Å²) in [6, 6.07) is 7.50. The number of nitrogens with zero attached hydrogens (tertiary/aromatic N) is 2. The number of morpholine rings is 1. The van der Waals surface area contributed by atoms with Crippen molar-refractivity contribution >= 4 is 18.1 Å². The predicted molar refractivity (Wildman–Crippen MR) is 85.5 cm³/mol. The molecular weight excluding hydrogens is 314 g/mol. The van der Waals surface area contributed by atoms with Gasteiger partial charge >= 0.3 is 0 Å². The fraction of sp³-hybridized carbons (Fsp3) is 0.438. The van der Waals surface area contributed by atoms with Crippen molar-refractivity contribution in [1.82, 2.24) is 15.1 Å². The van der Waals surface area contributed by atoms with Crippen LogP contribution in [0.4, 0.5) is 0 Å². The van der Waals surface area contributed by atoms with Crippen molar-refractivity contribution in [3.8, 4) is 11.5 Å². The van der Waals surface area contributed by atoms with Gasteiger partial charge in [-0.05, 0) is 55.2 Å². The first kappa shape index (κ1) is 14.6. The first-order valence-corrected chi connectivity index (χ1v) is 8.18. The van der Waals surface area contributed by atoms with E-state index in [1.165, 1.54) is 12.8 Å². The highest BCUT2D eigenvalue weighted by Gasteiger charge is 2.39. The van der Waals surface area contributed by atoms with Crippen molar-refractivity contribution in [3.63, 3.8) is 0 Å². The predicted octanol–water partition coefficient (Wildman–Crippen LogP) is 2.65. The molecular formula is C16H17N3O3S. The minimum absolute atomic E-state index is 0.0691. The Morgan fingerprint density at radius 2 is 2.09 bits per heavy atom. The molecule has 120 valence electrons. The van der Waals surface area contributed by atoms with E-state index in [0.29, 0.717) is 37.1 Å². The average Bonchev–Trinajstić information content (AvgIpc) is 3.35. The van der Waals surface area contributed by atoms with Crippen molar-refractivity contribution in [1.29, 1.82) is 0 Å². The molecule has 0 spiro atoms. The third-order valence-electron chi connectivity index (χ3n) is 4.41. The van der Waals surface area contributed by atoms with Gasteiger partial charge in [0.15, 0.2) is 0 Å². The standard InChI is InChI=1S/C16H17N3O3S/c20-15(19-7-8-21-9-13(19)10-1-2-10)12-5-3-11(4-6-12)14-17-18-16(23)22-14/h3-6,10,13H,1-2,7-9H2,(H,18,23). The van der Waals surface area contributed by atoms with Gasteiger partial charge in [-0.25, -0.2) is 5.10 Å². The molecule has 0 radical (unpaired) electrons. The number of hydrogen-bond acceptors (Lipinski definition) is 5. The van der Waals surface area contributed by atoms with Crippen molar-refractivity contribution < 1.29 is 13.9 Å². The zero-order valence-electron chi connectivity index (χ0n) is 12.5. The second kappa shape index (κ2) is 5.90. The van der Waals surface area contributed by atoms with Crippen LogP contribution in [0.2, 0.25) is 0 Å². The molecule has 2 fully saturated rings. The van der Waals surface area contributed by atoms with Crippen molar-refractivity contribution in [2.75, 3.05) is 19.8 Å². The van der Waals surface area contributed by atoms with Gasteiger partial charge in [-0.15, -0.1) is 5.10 Å². The molecule has 1 aliphatic carbocycles. The van der Waals surface area contributed by atoms with E-state index in [2.05, 4.69) is 10.2 Å². The van der Waals surface area contributed by atoms with Crippen molar-refractivity contribution in [2.45, 2.75) is 18.9 Å². The minimum atomic E-state index is 0.0691. The minimum Gasteiger partial charge on any atom is -0.409 e. The van der Waals surface area contributed by atoms with Crippen LogP contribution in [-0.2, 0) is 4.74 Å². The van der Waals surface area contributed by atoms with Gasteiger partial charge in [0.2, 0.25) is 5.89 Å². The molecule has 1 N–H and O–H groups in total. The summed E-state index contributed by atoms with van der Waals surface area (Å²) in [7, 11) is 0. The summed E-state index contributed by atoms with van der Waals surface area (Å²) in [5.74, 6) is 1.10.